The van der Waals surface area contributed by atoms with Gasteiger partial charge in [0.1, 0.15) is 23.1 Å². The average Bonchev–Trinajstić information content (AvgIpc) is 2.33. The monoisotopic (exact) mass is 279 g/mol. The summed E-state index contributed by atoms with van der Waals surface area (Å²) in [4.78, 5) is 8.12. The Kier molecular flexibility index (Phi) is 4.00. The molecule has 0 spiro atoms. The summed E-state index contributed by atoms with van der Waals surface area (Å²) in [6.07, 6.45) is 1.37. The first-order valence-corrected chi connectivity index (χ1v) is 6.40. The van der Waals surface area contributed by atoms with Gasteiger partial charge in [-0.2, -0.15) is 0 Å². The molecule has 100 valence electrons. The van der Waals surface area contributed by atoms with Crippen molar-refractivity contribution in [1.82, 2.24) is 9.97 Å². The summed E-state index contributed by atoms with van der Waals surface area (Å²) in [6, 6.07) is 4.88. The number of aromatic nitrogens is 2. The standard InChI is InChI=1S/C14H15ClFN3/c1-8(2)12-13(15)17-7-18-14(12)19-11-6-9(3)4-5-10(11)16/h4-8H,1-3H3,(H,17,18,19). The van der Waals surface area contributed by atoms with E-state index in [1.54, 1.807) is 12.1 Å². The van der Waals surface area contributed by atoms with Gasteiger partial charge in [0.25, 0.3) is 0 Å². The summed E-state index contributed by atoms with van der Waals surface area (Å²) >= 11 is 6.08. The molecular weight excluding hydrogens is 265 g/mol. The van der Waals surface area contributed by atoms with Gasteiger partial charge in [0.15, 0.2) is 0 Å². The fraction of sp³-hybridized carbons (Fsp3) is 0.286. The maximum Gasteiger partial charge on any atom is 0.146 e. The maximum absolute atomic E-state index is 13.7. The smallest absolute Gasteiger partial charge is 0.146 e. The first-order valence-electron chi connectivity index (χ1n) is 6.02. The summed E-state index contributed by atoms with van der Waals surface area (Å²) in [5.74, 6) is 0.360. The fourth-order valence-corrected chi connectivity index (χ4v) is 2.20. The molecule has 0 fully saturated rings. The van der Waals surface area contributed by atoms with Crippen LogP contribution in [0.1, 0.15) is 30.9 Å². The summed E-state index contributed by atoms with van der Waals surface area (Å²) in [7, 11) is 0. The lowest BCUT2D eigenvalue weighted by Gasteiger charge is -2.15. The van der Waals surface area contributed by atoms with Crippen molar-refractivity contribution < 1.29 is 4.39 Å². The fourth-order valence-electron chi connectivity index (χ4n) is 1.85. The SMILES string of the molecule is Cc1ccc(F)c(Nc2ncnc(Cl)c2C(C)C)c1. The normalized spacial score (nSPS) is 10.8. The van der Waals surface area contributed by atoms with Crippen molar-refractivity contribution in [3.63, 3.8) is 0 Å². The highest BCUT2D eigenvalue weighted by Crippen LogP contribution is 2.30. The van der Waals surface area contributed by atoms with Gasteiger partial charge in [-0.1, -0.05) is 31.5 Å². The van der Waals surface area contributed by atoms with E-state index < -0.39 is 0 Å². The van der Waals surface area contributed by atoms with Crippen LogP contribution < -0.4 is 5.32 Å². The van der Waals surface area contributed by atoms with Crippen LogP contribution in [-0.2, 0) is 0 Å². The molecule has 0 saturated heterocycles. The van der Waals surface area contributed by atoms with Crippen LogP contribution in [0.5, 0.6) is 0 Å². The van der Waals surface area contributed by atoms with Gasteiger partial charge in [0.05, 0.1) is 5.69 Å². The number of rotatable bonds is 3. The third-order valence-electron chi connectivity index (χ3n) is 2.79. The van der Waals surface area contributed by atoms with Crippen molar-refractivity contribution in [1.29, 1.82) is 0 Å². The van der Waals surface area contributed by atoms with E-state index >= 15 is 0 Å². The Labute approximate surface area is 116 Å². The largest absolute Gasteiger partial charge is 0.337 e. The Bertz CT molecular complexity index is 599. The molecule has 0 atom stereocenters. The molecule has 0 bridgehead atoms. The molecule has 0 unspecified atom stereocenters. The van der Waals surface area contributed by atoms with E-state index in [0.29, 0.717) is 16.7 Å². The number of hydrogen-bond acceptors (Lipinski definition) is 3. The average molecular weight is 280 g/mol. The molecule has 0 aliphatic heterocycles. The quantitative estimate of drug-likeness (QED) is 0.844. The molecule has 3 nitrogen and oxygen atoms in total. The van der Waals surface area contributed by atoms with Gasteiger partial charge in [-0.05, 0) is 30.5 Å². The molecule has 0 aliphatic carbocycles. The molecule has 1 N–H and O–H groups in total. The number of benzene rings is 1. The minimum atomic E-state index is -0.324. The minimum Gasteiger partial charge on any atom is -0.337 e. The van der Waals surface area contributed by atoms with Crippen LogP contribution in [0, 0.1) is 12.7 Å². The van der Waals surface area contributed by atoms with Gasteiger partial charge < -0.3 is 5.32 Å². The number of aryl methyl sites for hydroxylation is 1. The second kappa shape index (κ2) is 5.53. The van der Waals surface area contributed by atoms with Crippen molar-refractivity contribution in [2.75, 3.05) is 5.32 Å². The summed E-state index contributed by atoms with van der Waals surface area (Å²) in [6.45, 7) is 5.88. The lowest BCUT2D eigenvalue weighted by molar-refractivity contribution is 0.631. The topological polar surface area (TPSA) is 37.8 Å². The molecule has 19 heavy (non-hydrogen) atoms. The highest BCUT2D eigenvalue weighted by molar-refractivity contribution is 6.30. The molecule has 0 amide bonds. The van der Waals surface area contributed by atoms with Crippen molar-refractivity contribution in [3.8, 4) is 0 Å². The highest BCUT2D eigenvalue weighted by atomic mass is 35.5. The second-order valence-electron chi connectivity index (χ2n) is 4.69. The number of hydrogen-bond donors (Lipinski definition) is 1. The summed E-state index contributed by atoms with van der Waals surface area (Å²) in [5, 5.41) is 3.38. The Morgan fingerprint density at radius 3 is 2.68 bits per heavy atom. The second-order valence-corrected chi connectivity index (χ2v) is 5.05. The number of nitrogens with zero attached hydrogens (tertiary/aromatic N) is 2. The molecule has 0 radical (unpaired) electrons. The van der Waals surface area contributed by atoms with Crippen molar-refractivity contribution in [2.24, 2.45) is 0 Å². The zero-order valence-electron chi connectivity index (χ0n) is 11.0. The predicted molar refractivity (Wildman–Crippen MR) is 75.6 cm³/mol. The molecule has 1 heterocycles. The third kappa shape index (κ3) is 3.01. The van der Waals surface area contributed by atoms with E-state index in [1.807, 2.05) is 20.8 Å². The molecule has 2 rings (SSSR count). The molecule has 1 aromatic heterocycles. The van der Waals surface area contributed by atoms with Gasteiger partial charge in [-0.15, -0.1) is 0 Å². The van der Waals surface area contributed by atoms with E-state index in [4.69, 9.17) is 11.6 Å². The first-order chi connectivity index (χ1) is 8.99. The zero-order chi connectivity index (χ0) is 14.0. The zero-order valence-corrected chi connectivity index (χ0v) is 11.8. The van der Waals surface area contributed by atoms with Crippen molar-refractivity contribution >= 4 is 23.1 Å². The Morgan fingerprint density at radius 1 is 1.26 bits per heavy atom. The van der Waals surface area contributed by atoms with Crippen molar-refractivity contribution in [3.05, 3.63) is 46.6 Å². The van der Waals surface area contributed by atoms with E-state index in [1.165, 1.54) is 12.4 Å². The Morgan fingerprint density at radius 2 is 2.00 bits per heavy atom. The van der Waals surface area contributed by atoms with Crippen LogP contribution in [-0.4, -0.2) is 9.97 Å². The number of anilines is 2. The molecule has 0 saturated carbocycles. The van der Waals surface area contributed by atoms with Gasteiger partial charge in [0, 0.05) is 5.56 Å². The maximum atomic E-state index is 13.7. The molecular formula is C14H15ClFN3. The van der Waals surface area contributed by atoms with Crippen molar-refractivity contribution in [2.45, 2.75) is 26.7 Å². The third-order valence-corrected chi connectivity index (χ3v) is 3.09. The van der Waals surface area contributed by atoms with Crippen LogP contribution >= 0.6 is 11.6 Å². The Hall–Kier alpha value is -1.68. The lowest BCUT2D eigenvalue weighted by atomic mass is 10.1. The van der Waals surface area contributed by atoms with E-state index in [0.717, 1.165) is 11.1 Å². The van der Waals surface area contributed by atoms with Crippen LogP contribution in [0.4, 0.5) is 15.9 Å². The van der Waals surface area contributed by atoms with Crippen LogP contribution in [0.3, 0.4) is 0 Å². The molecule has 0 aliphatic rings. The van der Waals surface area contributed by atoms with E-state index in [2.05, 4.69) is 15.3 Å². The minimum absolute atomic E-state index is 0.143. The number of nitrogens with one attached hydrogen (secondary N) is 1. The molecule has 2 aromatic rings. The number of halogens is 2. The van der Waals surface area contributed by atoms with Crippen LogP contribution in [0.2, 0.25) is 5.15 Å². The van der Waals surface area contributed by atoms with Gasteiger partial charge in [0.2, 0.25) is 0 Å². The predicted octanol–water partition coefficient (Wildman–Crippen LogP) is 4.44. The van der Waals surface area contributed by atoms with Gasteiger partial charge in [-0.25, -0.2) is 14.4 Å². The van der Waals surface area contributed by atoms with Gasteiger partial charge >= 0.3 is 0 Å². The van der Waals surface area contributed by atoms with E-state index in [-0.39, 0.29) is 11.7 Å². The van der Waals surface area contributed by atoms with Crippen LogP contribution in [0.25, 0.3) is 0 Å². The Balaban J connectivity index is 2.44. The molecule has 5 heteroatoms. The van der Waals surface area contributed by atoms with Gasteiger partial charge in [-0.3, -0.25) is 0 Å². The molecule has 1 aromatic carbocycles. The lowest BCUT2D eigenvalue weighted by Crippen LogP contribution is -2.04. The van der Waals surface area contributed by atoms with E-state index in [9.17, 15) is 4.39 Å². The summed E-state index contributed by atoms with van der Waals surface area (Å²) in [5.41, 5.74) is 2.14. The summed E-state index contributed by atoms with van der Waals surface area (Å²) < 4.78 is 13.7. The highest BCUT2D eigenvalue weighted by Gasteiger charge is 2.14. The van der Waals surface area contributed by atoms with Crippen LogP contribution in [0.15, 0.2) is 24.5 Å². The first kappa shape index (κ1) is 13.7.